The van der Waals surface area contributed by atoms with Crippen LogP contribution in [-0.2, 0) is 4.79 Å². The number of nitrogens with zero attached hydrogens (tertiary/aromatic N) is 1. The molecule has 0 radical (unpaired) electrons. The summed E-state index contributed by atoms with van der Waals surface area (Å²) in [7, 11) is 0. The van der Waals surface area contributed by atoms with E-state index in [1.54, 1.807) is 0 Å². The third-order valence-corrected chi connectivity index (χ3v) is 4.21. The largest absolute Gasteiger partial charge is 0.322 e. The van der Waals surface area contributed by atoms with Crippen molar-refractivity contribution in [3.63, 3.8) is 0 Å². The van der Waals surface area contributed by atoms with Crippen molar-refractivity contribution in [2.24, 2.45) is 0 Å². The minimum absolute atomic E-state index is 0.000883. The van der Waals surface area contributed by atoms with E-state index in [0.717, 1.165) is 35.7 Å². The van der Waals surface area contributed by atoms with Gasteiger partial charge in [-0.25, -0.2) is 0 Å². The maximum Gasteiger partial charge on any atom is 0.238 e. The molecule has 1 heterocycles. The van der Waals surface area contributed by atoms with Crippen molar-refractivity contribution in [1.82, 2.24) is 10.2 Å². The van der Waals surface area contributed by atoms with Crippen molar-refractivity contribution in [2.45, 2.75) is 19.0 Å². The van der Waals surface area contributed by atoms with E-state index in [2.05, 4.69) is 11.6 Å². The lowest BCUT2D eigenvalue weighted by Crippen LogP contribution is -2.31. The topological polar surface area (TPSA) is 32.3 Å². The average Bonchev–Trinajstić information content (AvgIpc) is 2.77. The van der Waals surface area contributed by atoms with Gasteiger partial charge in [0.05, 0.1) is 6.54 Å². The number of benzene rings is 1. The van der Waals surface area contributed by atoms with E-state index >= 15 is 0 Å². The third-order valence-electron chi connectivity index (χ3n) is 3.26. The van der Waals surface area contributed by atoms with E-state index in [1.807, 2.05) is 40.9 Å². The lowest BCUT2D eigenvalue weighted by Gasteiger charge is -2.24. The molecule has 1 N–H and O–H groups in total. The van der Waals surface area contributed by atoms with Gasteiger partial charge in [0.15, 0.2) is 0 Å². The highest BCUT2D eigenvalue weighted by atomic mass is 35.5. The highest BCUT2D eigenvalue weighted by Gasteiger charge is 2.30. The van der Waals surface area contributed by atoms with E-state index < -0.39 is 0 Å². The molecule has 1 atom stereocenters. The maximum absolute atomic E-state index is 11.9. The molecule has 3 nitrogen and oxygen atoms in total. The number of carbonyl (C=O) groups is 1. The minimum atomic E-state index is -0.000883. The van der Waals surface area contributed by atoms with Crippen LogP contribution in [0.4, 0.5) is 0 Å². The molecule has 1 unspecified atom stereocenters. The molecular weight excluding hydrogens is 280 g/mol. The second-order valence-electron chi connectivity index (χ2n) is 4.62. The minimum Gasteiger partial charge on any atom is -0.322 e. The van der Waals surface area contributed by atoms with Gasteiger partial charge in [0, 0.05) is 11.6 Å². The van der Waals surface area contributed by atoms with Crippen molar-refractivity contribution in [1.29, 1.82) is 0 Å². The number of halogens is 1. The molecule has 0 aliphatic carbocycles. The fourth-order valence-electron chi connectivity index (χ4n) is 2.26. The predicted molar refractivity (Wildman–Crippen MR) is 81.5 cm³/mol. The van der Waals surface area contributed by atoms with Crippen molar-refractivity contribution in [3.05, 3.63) is 34.9 Å². The van der Waals surface area contributed by atoms with Gasteiger partial charge in [0.1, 0.15) is 6.17 Å². The average molecular weight is 299 g/mol. The summed E-state index contributed by atoms with van der Waals surface area (Å²) in [6, 6.07) is 7.70. The van der Waals surface area contributed by atoms with E-state index in [1.165, 1.54) is 0 Å². The fraction of sp³-hybridized carbons (Fsp3) is 0.500. The lowest BCUT2D eigenvalue weighted by atomic mass is 10.1. The summed E-state index contributed by atoms with van der Waals surface area (Å²) in [4.78, 5) is 13.9. The monoisotopic (exact) mass is 298 g/mol. The Balaban J connectivity index is 1.98. The van der Waals surface area contributed by atoms with Crippen LogP contribution in [0.15, 0.2) is 24.3 Å². The first-order chi connectivity index (χ1) is 9.22. The SMILES string of the molecule is CSCCCCN1C(=O)CNC1c1ccc(Cl)cc1. The van der Waals surface area contributed by atoms with Gasteiger partial charge in [-0.2, -0.15) is 11.8 Å². The van der Waals surface area contributed by atoms with Crippen LogP contribution in [0.5, 0.6) is 0 Å². The quantitative estimate of drug-likeness (QED) is 0.820. The Hall–Kier alpha value is -0.710. The summed E-state index contributed by atoms with van der Waals surface area (Å²) in [5.41, 5.74) is 1.10. The molecule has 1 saturated heterocycles. The number of unbranched alkanes of at least 4 members (excludes halogenated alkanes) is 1. The summed E-state index contributed by atoms with van der Waals surface area (Å²) in [5.74, 6) is 1.34. The highest BCUT2D eigenvalue weighted by molar-refractivity contribution is 7.98. The maximum atomic E-state index is 11.9. The number of carbonyl (C=O) groups excluding carboxylic acids is 1. The Morgan fingerprint density at radius 2 is 2.11 bits per heavy atom. The van der Waals surface area contributed by atoms with Crippen LogP contribution in [0.1, 0.15) is 24.6 Å². The Labute approximate surface area is 123 Å². The van der Waals surface area contributed by atoms with Crippen LogP contribution >= 0.6 is 23.4 Å². The van der Waals surface area contributed by atoms with E-state index in [4.69, 9.17) is 11.6 Å². The molecule has 1 aromatic rings. The number of hydrogen-bond donors (Lipinski definition) is 1. The summed E-state index contributed by atoms with van der Waals surface area (Å²) in [6.45, 7) is 1.25. The van der Waals surface area contributed by atoms with Crippen molar-refractivity contribution < 1.29 is 4.79 Å². The number of amides is 1. The molecule has 2 rings (SSSR count). The van der Waals surface area contributed by atoms with Crippen molar-refractivity contribution in [2.75, 3.05) is 25.1 Å². The summed E-state index contributed by atoms with van der Waals surface area (Å²) in [6.07, 6.45) is 4.31. The third kappa shape index (κ3) is 3.88. The molecule has 5 heteroatoms. The first kappa shape index (κ1) is 14.7. The second kappa shape index (κ2) is 7.17. The molecule has 1 amide bonds. The highest BCUT2D eigenvalue weighted by Crippen LogP contribution is 2.24. The smallest absolute Gasteiger partial charge is 0.238 e. The number of hydrogen-bond acceptors (Lipinski definition) is 3. The first-order valence-electron chi connectivity index (χ1n) is 6.49. The van der Waals surface area contributed by atoms with Crippen LogP contribution in [0.3, 0.4) is 0 Å². The van der Waals surface area contributed by atoms with Crippen LogP contribution in [0.25, 0.3) is 0 Å². The summed E-state index contributed by atoms with van der Waals surface area (Å²) >= 11 is 7.75. The first-order valence-corrected chi connectivity index (χ1v) is 8.27. The van der Waals surface area contributed by atoms with E-state index in [0.29, 0.717) is 6.54 Å². The van der Waals surface area contributed by atoms with Crippen molar-refractivity contribution in [3.8, 4) is 0 Å². The molecule has 0 spiro atoms. The van der Waals surface area contributed by atoms with Gasteiger partial charge in [-0.1, -0.05) is 23.7 Å². The van der Waals surface area contributed by atoms with Gasteiger partial charge in [0.25, 0.3) is 0 Å². The van der Waals surface area contributed by atoms with Gasteiger partial charge in [-0.3, -0.25) is 10.1 Å². The number of thioether (sulfide) groups is 1. The Kier molecular flexibility index (Phi) is 5.55. The molecule has 1 fully saturated rings. The molecule has 104 valence electrons. The molecular formula is C14H19ClN2OS. The molecule has 1 aromatic carbocycles. The molecule has 1 aliphatic rings. The van der Waals surface area contributed by atoms with Crippen molar-refractivity contribution >= 4 is 29.3 Å². The van der Waals surface area contributed by atoms with E-state index in [9.17, 15) is 4.79 Å². The lowest BCUT2D eigenvalue weighted by molar-refractivity contribution is -0.128. The zero-order valence-corrected chi connectivity index (χ0v) is 12.6. The molecule has 1 aliphatic heterocycles. The molecule has 0 bridgehead atoms. The number of nitrogens with one attached hydrogen (secondary N) is 1. The fourth-order valence-corrected chi connectivity index (χ4v) is 2.88. The second-order valence-corrected chi connectivity index (χ2v) is 6.04. The zero-order chi connectivity index (χ0) is 13.7. The van der Waals surface area contributed by atoms with Gasteiger partial charge in [-0.15, -0.1) is 0 Å². The normalized spacial score (nSPS) is 19.2. The Morgan fingerprint density at radius 3 is 2.79 bits per heavy atom. The van der Waals surface area contributed by atoms with Crippen LogP contribution in [0, 0.1) is 0 Å². The van der Waals surface area contributed by atoms with Crippen LogP contribution < -0.4 is 5.32 Å². The predicted octanol–water partition coefficient (Wildman–Crippen LogP) is 2.91. The number of rotatable bonds is 6. The van der Waals surface area contributed by atoms with Gasteiger partial charge < -0.3 is 4.90 Å². The standard InChI is InChI=1S/C14H19ClN2OS/c1-19-9-3-2-8-17-13(18)10-16-14(17)11-4-6-12(15)7-5-11/h4-7,14,16H,2-3,8-10H2,1H3. The molecule has 19 heavy (non-hydrogen) atoms. The zero-order valence-electron chi connectivity index (χ0n) is 11.1. The van der Waals surface area contributed by atoms with Gasteiger partial charge in [-0.05, 0) is 42.5 Å². The molecule has 0 aromatic heterocycles. The summed E-state index contributed by atoms with van der Waals surface area (Å²) in [5, 5.41) is 3.98. The summed E-state index contributed by atoms with van der Waals surface area (Å²) < 4.78 is 0. The van der Waals surface area contributed by atoms with Crippen LogP contribution in [0.2, 0.25) is 5.02 Å². The molecule has 0 saturated carbocycles. The van der Waals surface area contributed by atoms with Crippen LogP contribution in [-0.4, -0.2) is 35.9 Å². The van der Waals surface area contributed by atoms with E-state index in [-0.39, 0.29) is 12.1 Å². The Morgan fingerprint density at radius 1 is 1.37 bits per heavy atom. The Bertz CT molecular complexity index is 424. The van der Waals surface area contributed by atoms with Gasteiger partial charge >= 0.3 is 0 Å². The van der Waals surface area contributed by atoms with Gasteiger partial charge in [0.2, 0.25) is 5.91 Å².